The van der Waals surface area contributed by atoms with Crippen molar-refractivity contribution in [1.29, 1.82) is 0 Å². The first-order chi connectivity index (χ1) is 38.8. The average molecular weight is 1060 g/mol. The summed E-state index contributed by atoms with van der Waals surface area (Å²) >= 11 is 0. The van der Waals surface area contributed by atoms with E-state index in [4.69, 9.17) is 37.9 Å². The van der Waals surface area contributed by atoms with Crippen molar-refractivity contribution in [2.24, 2.45) is 0 Å². The molecule has 406 valence electrons. The number of esters is 2. The fraction of sp³-hybridized carbons (Fsp3) is 0.265. The molecule has 0 bridgehead atoms. The Morgan fingerprint density at radius 1 is 0.354 bits per heavy atom. The summed E-state index contributed by atoms with van der Waals surface area (Å²) in [7, 11) is 4.72. The first-order valence-electron chi connectivity index (χ1n) is 27.3. The number of nitrogens with zero attached hydrogens (tertiary/aromatic N) is 1. The third-order valence-electron chi connectivity index (χ3n) is 14.0. The van der Waals surface area contributed by atoms with Crippen molar-refractivity contribution in [3.05, 3.63) is 181 Å². The maximum atomic E-state index is 13.4. The number of rotatable bonds is 27. The first-order valence-corrected chi connectivity index (χ1v) is 27.3. The molecule has 0 atom stereocenters. The summed E-state index contributed by atoms with van der Waals surface area (Å²) < 4.78 is 44.4. The summed E-state index contributed by atoms with van der Waals surface area (Å²) in [6.45, 7) is 5.23. The maximum absolute atomic E-state index is 13.4. The van der Waals surface area contributed by atoms with Crippen molar-refractivity contribution in [1.82, 2.24) is 0 Å². The third kappa shape index (κ3) is 13.9. The van der Waals surface area contributed by atoms with E-state index in [0.717, 1.165) is 140 Å². The van der Waals surface area contributed by atoms with E-state index in [0.29, 0.717) is 35.8 Å². The molecule has 0 saturated carbocycles. The van der Waals surface area contributed by atoms with Gasteiger partial charge in [-0.3, -0.25) is 0 Å². The minimum absolute atomic E-state index is 0.00847. The highest BCUT2D eigenvalue weighted by Gasteiger charge is 2.20. The van der Waals surface area contributed by atoms with Gasteiger partial charge in [0.05, 0.1) is 13.2 Å². The van der Waals surface area contributed by atoms with E-state index in [2.05, 4.69) is 140 Å². The molecular formula is C68H69NO10. The van der Waals surface area contributed by atoms with Crippen LogP contribution in [0.2, 0.25) is 0 Å². The summed E-state index contributed by atoms with van der Waals surface area (Å²) in [5.41, 5.74) is 9.86. The number of carbonyl (C=O) groups is 2. The number of fused-ring (bicyclic) bond motifs is 3. The molecule has 11 nitrogen and oxygen atoms in total. The topological polar surface area (TPSA) is 111 Å². The highest BCUT2D eigenvalue weighted by Crippen LogP contribution is 2.40. The Morgan fingerprint density at radius 3 is 1.11 bits per heavy atom. The van der Waals surface area contributed by atoms with Crippen LogP contribution >= 0.6 is 0 Å². The average Bonchev–Trinajstić information content (AvgIpc) is 3.58. The van der Waals surface area contributed by atoms with Crippen molar-refractivity contribution in [3.8, 4) is 50.6 Å². The summed E-state index contributed by atoms with van der Waals surface area (Å²) in [4.78, 5) is 29.2. The number of methoxy groups -OCH3 is 3. The number of hydrogen-bond acceptors (Lipinski definition) is 11. The second-order valence-corrected chi connectivity index (χ2v) is 19.6. The molecule has 0 aliphatic carbocycles. The van der Waals surface area contributed by atoms with Crippen LogP contribution in [0.4, 0.5) is 17.1 Å². The van der Waals surface area contributed by atoms with E-state index in [-0.39, 0.29) is 20.4 Å². The van der Waals surface area contributed by atoms with Crippen LogP contribution in [0.3, 0.4) is 0 Å². The van der Waals surface area contributed by atoms with Crippen molar-refractivity contribution >= 4 is 61.3 Å². The van der Waals surface area contributed by atoms with Crippen LogP contribution in [0.5, 0.6) is 17.2 Å². The summed E-state index contributed by atoms with van der Waals surface area (Å²) in [5.74, 6) is 0.777. The van der Waals surface area contributed by atoms with Gasteiger partial charge in [0.2, 0.25) is 0 Å². The van der Waals surface area contributed by atoms with Gasteiger partial charge in [0, 0.05) is 38.4 Å². The molecular weight excluding hydrogens is 991 g/mol. The molecule has 0 saturated heterocycles. The van der Waals surface area contributed by atoms with Gasteiger partial charge in [-0.05, 0) is 170 Å². The quantitative estimate of drug-likeness (QED) is 0.0279. The van der Waals surface area contributed by atoms with E-state index in [1.54, 1.807) is 21.3 Å². The Bertz CT molecular complexity index is 3320. The Labute approximate surface area is 463 Å². The zero-order valence-electron chi connectivity index (χ0n) is 45.9. The lowest BCUT2D eigenvalue weighted by atomic mass is 9.98. The molecule has 11 heteroatoms. The second-order valence-electron chi connectivity index (χ2n) is 19.6. The zero-order chi connectivity index (χ0) is 54.9. The molecule has 9 rings (SSSR count). The Hall–Kier alpha value is -8.22. The van der Waals surface area contributed by atoms with Gasteiger partial charge < -0.3 is 42.8 Å². The molecule has 0 aliphatic rings. The highest BCUT2D eigenvalue weighted by atomic mass is 16.7. The normalized spacial score (nSPS) is 11.3. The van der Waals surface area contributed by atoms with Crippen LogP contribution in [0.25, 0.3) is 65.7 Å². The Balaban J connectivity index is 1.03. The number of unbranched alkanes of at least 4 members (excludes halogenated alkanes) is 6. The van der Waals surface area contributed by atoms with Gasteiger partial charge in [0.15, 0.2) is 20.4 Å². The summed E-state index contributed by atoms with van der Waals surface area (Å²) in [6.07, 6.45) is 8.06. The minimum Gasteiger partial charge on any atom is -0.468 e. The van der Waals surface area contributed by atoms with Gasteiger partial charge in [-0.1, -0.05) is 131 Å². The van der Waals surface area contributed by atoms with Crippen molar-refractivity contribution in [3.63, 3.8) is 0 Å². The van der Waals surface area contributed by atoms with Gasteiger partial charge in [0.1, 0.15) is 28.4 Å². The third-order valence-corrected chi connectivity index (χ3v) is 14.0. The van der Waals surface area contributed by atoms with Gasteiger partial charge in [-0.2, -0.15) is 0 Å². The number of anilines is 3. The second kappa shape index (κ2) is 27.4. The molecule has 0 spiro atoms. The van der Waals surface area contributed by atoms with E-state index < -0.39 is 11.9 Å². The predicted octanol–water partition coefficient (Wildman–Crippen LogP) is 17.0. The molecule has 0 fully saturated rings. The van der Waals surface area contributed by atoms with Crippen LogP contribution in [-0.4, -0.2) is 66.9 Å². The lowest BCUT2D eigenvalue weighted by Crippen LogP contribution is -2.10. The lowest BCUT2D eigenvalue weighted by Gasteiger charge is -2.26. The first kappa shape index (κ1) is 55.5. The highest BCUT2D eigenvalue weighted by molar-refractivity contribution is 6.01. The van der Waals surface area contributed by atoms with Crippen LogP contribution in [0, 0.1) is 0 Å². The van der Waals surface area contributed by atoms with Crippen molar-refractivity contribution < 1.29 is 47.5 Å². The molecule has 9 aromatic rings. The number of carbonyl (C=O) groups excluding carboxylic acids is 2. The Kier molecular flexibility index (Phi) is 19.3. The minimum atomic E-state index is -0.415. The van der Waals surface area contributed by atoms with Crippen LogP contribution in [0.1, 0.15) is 85.9 Å². The van der Waals surface area contributed by atoms with Gasteiger partial charge >= 0.3 is 11.9 Å². The van der Waals surface area contributed by atoms with Gasteiger partial charge in [-0.15, -0.1) is 0 Å². The van der Waals surface area contributed by atoms with E-state index in [9.17, 15) is 9.59 Å². The molecule has 0 heterocycles. The van der Waals surface area contributed by atoms with Gasteiger partial charge in [0.25, 0.3) is 0 Å². The maximum Gasteiger partial charge on any atom is 0.341 e. The molecule has 0 aliphatic heterocycles. The zero-order valence-corrected chi connectivity index (χ0v) is 45.9. The van der Waals surface area contributed by atoms with Crippen LogP contribution in [-0.2, 0) is 23.7 Å². The summed E-state index contributed by atoms with van der Waals surface area (Å²) in [5, 5.41) is 5.83. The van der Waals surface area contributed by atoms with Gasteiger partial charge in [-0.25, -0.2) is 9.59 Å². The summed E-state index contributed by atoms with van der Waals surface area (Å²) in [6, 6.07) is 58.2. The van der Waals surface area contributed by atoms with E-state index in [1.165, 1.54) is 0 Å². The molecule has 0 unspecified atom stereocenters. The van der Waals surface area contributed by atoms with Crippen molar-refractivity contribution in [2.75, 3.05) is 59.8 Å². The number of benzene rings is 9. The lowest BCUT2D eigenvalue weighted by molar-refractivity contribution is 0.0415. The molecule has 0 N–H and O–H groups in total. The van der Waals surface area contributed by atoms with Crippen LogP contribution < -0.4 is 19.1 Å². The number of hydrogen-bond donors (Lipinski definition) is 0. The largest absolute Gasteiger partial charge is 0.468 e. The fourth-order valence-electron chi connectivity index (χ4n) is 9.73. The molecule has 9 aromatic carbocycles. The molecule has 0 amide bonds. The predicted molar refractivity (Wildman–Crippen MR) is 316 cm³/mol. The SMILES string of the molecule is CCCCCCOC(=O)c1cc2cc(-c3ccc(N(c4ccc(-c5ccc6cc(OCOC)ccc6c5)cc4)c4ccc(-c5ccc6cc(OCOC)c(C(=O)OCCCCCC)cc6c5)cc4)cc3)ccc2cc1OCOC. The van der Waals surface area contributed by atoms with Crippen LogP contribution in [0.15, 0.2) is 170 Å². The fourth-order valence-corrected chi connectivity index (χ4v) is 9.73. The molecule has 79 heavy (non-hydrogen) atoms. The van der Waals surface area contributed by atoms with E-state index >= 15 is 0 Å². The van der Waals surface area contributed by atoms with Crippen molar-refractivity contribution in [2.45, 2.75) is 65.2 Å². The smallest absolute Gasteiger partial charge is 0.341 e. The standard InChI is InChI=1S/C68H69NO10/c1-6-8-10-12-34-75-67(70)63-40-57-37-51(15-18-55(57)42-65(63)78-45-73-4)48-22-29-60(30-23-48)69(59-27-20-47(21-28-59)50-14-17-54-39-62(77-44-72-3)33-26-53(54)36-50)61-31-24-49(25-32-61)52-16-19-56-43-66(79-46-74-5)64(41-58(56)38-52)68(71)76-35-13-11-9-7-2/h14-33,36-43H,6-13,34-35,44-46H2,1-5H3. The monoisotopic (exact) mass is 1060 g/mol. The Morgan fingerprint density at radius 2 is 0.709 bits per heavy atom. The molecule has 0 radical (unpaired) electrons. The molecule has 0 aromatic heterocycles. The van der Waals surface area contributed by atoms with E-state index in [1.807, 2.05) is 48.5 Å². The number of ether oxygens (including phenoxy) is 8.